The zero-order valence-electron chi connectivity index (χ0n) is 15.8. The van der Waals surface area contributed by atoms with E-state index >= 15 is 0 Å². The number of benzene rings is 1. The van der Waals surface area contributed by atoms with Crippen molar-refractivity contribution in [1.82, 2.24) is 20.4 Å². The maximum atomic E-state index is 12.3. The Morgan fingerprint density at radius 1 is 1.18 bits per heavy atom. The van der Waals surface area contributed by atoms with Crippen molar-refractivity contribution in [3.63, 3.8) is 0 Å². The number of hydrogen-bond acceptors (Lipinski definition) is 6. The number of rotatable bonds is 8. The number of thiophene rings is 1. The number of likely N-dealkylation sites (tertiary alicyclic amines) is 1. The van der Waals surface area contributed by atoms with E-state index in [2.05, 4.69) is 38.6 Å². The minimum atomic E-state index is -0.00809. The molecule has 0 saturated carbocycles. The van der Waals surface area contributed by atoms with Gasteiger partial charge in [0.25, 0.3) is 0 Å². The maximum absolute atomic E-state index is 12.3. The van der Waals surface area contributed by atoms with Crippen molar-refractivity contribution in [3.8, 4) is 11.4 Å². The third-order valence-corrected chi connectivity index (χ3v) is 5.68. The highest BCUT2D eigenvalue weighted by atomic mass is 32.1. The molecule has 0 aliphatic carbocycles. The van der Waals surface area contributed by atoms with Crippen LogP contribution in [0.3, 0.4) is 0 Å². The molecule has 1 amide bonds. The van der Waals surface area contributed by atoms with E-state index in [1.54, 1.807) is 11.3 Å². The van der Waals surface area contributed by atoms with Crippen molar-refractivity contribution < 1.29 is 9.32 Å². The molecular weight excluding hydrogens is 372 g/mol. The molecule has 1 aromatic carbocycles. The smallest absolute Gasteiger partial charge is 0.227 e. The van der Waals surface area contributed by atoms with Gasteiger partial charge in [0.1, 0.15) is 0 Å². The van der Waals surface area contributed by atoms with Crippen molar-refractivity contribution >= 4 is 17.2 Å². The van der Waals surface area contributed by atoms with Crippen LogP contribution in [0, 0.1) is 0 Å². The van der Waals surface area contributed by atoms with Gasteiger partial charge in [0.15, 0.2) is 0 Å². The molecule has 1 aliphatic heterocycles. The van der Waals surface area contributed by atoms with Gasteiger partial charge < -0.3 is 9.84 Å². The van der Waals surface area contributed by atoms with Crippen LogP contribution in [0.4, 0.5) is 0 Å². The molecule has 1 saturated heterocycles. The summed E-state index contributed by atoms with van der Waals surface area (Å²) in [6.45, 7) is 3.84. The fraction of sp³-hybridized carbons (Fsp3) is 0.381. The zero-order valence-corrected chi connectivity index (χ0v) is 16.6. The summed E-state index contributed by atoms with van der Waals surface area (Å²) in [6.07, 6.45) is 3.34. The van der Waals surface area contributed by atoms with Gasteiger partial charge in [0.2, 0.25) is 17.6 Å². The van der Waals surface area contributed by atoms with Crippen LogP contribution in [-0.2, 0) is 24.3 Å². The Hall–Kier alpha value is -2.51. The molecule has 0 atom stereocenters. The fourth-order valence-electron chi connectivity index (χ4n) is 3.43. The van der Waals surface area contributed by atoms with Crippen LogP contribution in [0.1, 0.15) is 36.3 Å². The first-order chi connectivity index (χ1) is 13.8. The monoisotopic (exact) mass is 396 g/mol. The Kier molecular flexibility index (Phi) is 6.14. The minimum absolute atomic E-state index is 0.00809. The van der Waals surface area contributed by atoms with Gasteiger partial charge >= 0.3 is 0 Å². The van der Waals surface area contributed by atoms with Crippen LogP contribution in [0.5, 0.6) is 0 Å². The van der Waals surface area contributed by atoms with Gasteiger partial charge in [-0.15, -0.1) is 0 Å². The van der Waals surface area contributed by atoms with Gasteiger partial charge in [-0.3, -0.25) is 9.69 Å². The quantitative estimate of drug-likeness (QED) is 0.629. The molecule has 4 rings (SSSR count). The summed E-state index contributed by atoms with van der Waals surface area (Å²) in [5.41, 5.74) is 3.42. The average molecular weight is 397 g/mol. The molecule has 1 N–H and O–H groups in total. The highest BCUT2D eigenvalue weighted by Gasteiger charge is 2.14. The first kappa shape index (κ1) is 18.8. The molecular formula is C21H24N4O2S. The molecule has 6 nitrogen and oxygen atoms in total. The van der Waals surface area contributed by atoms with Crippen molar-refractivity contribution in [2.45, 2.75) is 38.8 Å². The lowest BCUT2D eigenvalue weighted by molar-refractivity contribution is -0.121. The van der Waals surface area contributed by atoms with Crippen molar-refractivity contribution in [3.05, 3.63) is 58.1 Å². The van der Waals surface area contributed by atoms with E-state index in [9.17, 15) is 4.79 Å². The lowest BCUT2D eigenvalue weighted by Gasteiger charge is -2.17. The first-order valence-corrected chi connectivity index (χ1v) is 10.6. The third kappa shape index (κ3) is 4.85. The molecule has 0 radical (unpaired) electrons. The lowest BCUT2D eigenvalue weighted by atomic mass is 10.1. The average Bonchev–Trinajstić information content (AvgIpc) is 3.48. The third-order valence-electron chi connectivity index (χ3n) is 5.00. The van der Waals surface area contributed by atoms with Crippen LogP contribution in [-0.4, -0.2) is 34.0 Å². The second-order valence-corrected chi connectivity index (χ2v) is 7.83. The largest absolute Gasteiger partial charge is 0.352 e. The van der Waals surface area contributed by atoms with Crippen LogP contribution in [0.2, 0.25) is 0 Å². The number of aryl methyl sites for hydroxylation is 1. The Balaban J connectivity index is 1.27. The summed E-state index contributed by atoms with van der Waals surface area (Å²) in [6, 6.07) is 10.3. The number of carbonyl (C=O) groups excluding carboxylic acids is 1. The molecule has 7 heteroatoms. The molecule has 3 aromatic rings. The molecule has 3 heterocycles. The highest BCUT2D eigenvalue weighted by molar-refractivity contribution is 7.08. The Labute approximate surface area is 168 Å². The topological polar surface area (TPSA) is 71.3 Å². The zero-order chi connectivity index (χ0) is 19.2. The van der Waals surface area contributed by atoms with E-state index in [0.29, 0.717) is 31.1 Å². The molecule has 146 valence electrons. The van der Waals surface area contributed by atoms with Gasteiger partial charge in [-0.05, 0) is 48.5 Å². The van der Waals surface area contributed by atoms with E-state index in [1.807, 2.05) is 22.9 Å². The van der Waals surface area contributed by atoms with Gasteiger partial charge in [-0.1, -0.05) is 29.4 Å². The highest BCUT2D eigenvalue weighted by Crippen LogP contribution is 2.19. The van der Waals surface area contributed by atoms with Crippen molar-refractivity contribution in [1.29, 1.82) is 0 Å². The number of carbonyl (C=O) groups is 1. The lowest BCUT2D eigenvalue weighted by Crippen LogP contribution is -2.25. The summed E-state index contributed by atoms with van der Waals surface area (Å²) in [5, 5.41) is 10.9. The van der Waals surface area contributed by atoms with E-state index in [0.717, 1.165) is 25.2 Å². The summed E-state index contributed by atoms with van der Waals surface area (Å²) in [5.74, 6) is 1.06. The van der Waals surface area contributed by atoms with E-state index in [1.165, 1.54) is 24.0 Å². The predicted octanol–water partition coefficient (Wildman–Crippen LogP) is 3.64. The van der Waals surface area contributed by atoms with E-state index in [4.69, 9.17) is 4.52 Å². The standard InChI is InChI=1S/C21H24N4O2S/c26-19(7-8-20-23-21(24-27-20)18-9-12-28-15-18)22-13-16-5-1-2-6-17(16)14-25-10-3-4-11-25/h1-2,5-6,9,12,15H,3-4,7-8,10-11,13-14H2,(H,22,26). The Morgan fingerprint density at radius 2 is 2.00 bits per heavy atom. The van der Waals surface area contributed by atoms with Gasteiger partial charge in [0.05, 0.1) is 0 Å². The summed E-state index contributed by atoms with van der Waals surface area (Å²) in [7, 11) is 0. The molecule has 1 fully saturated rings. The van der Waals surface area contributed by atoms with E-state index < -0.39 is 0 Å². The summed E-state index contributed by atoms with van der Waals surface area (Å²) < 4.78 is 5.25. The number of amides is 1. The maximum Gasteiger partial charge on any atom is 0.227 e. The van der Waals surface area contributed by atoms with Crippen LogP contribution >= 0.6 is 11.3 Å². The SMILES string of the molecule is O=C(CCc1nc(-c2ccsc2)no1)NCc1ccccc1CN1CCCC1. The molecule has 0 bridgehead atoms. The second kappa shape index (κ2) is 9.12. The number of hydrogen-bond donors (Lipinski definition) is 1. The van der Waals surface area contributed by atoms with Crippen LogP contribution in [0.15, 0.2) is 45.6 Å². The summed E-state index contributed by atoms with van der Waals surface area (Å²) in [4.78, 5) is 19.1. The summed E-state index contributed by atoms with van der Waals surface area (Å²) >= 11 is 1.59. The number of aromatic nitrogens is 2. The van der Waals surface area contributed by atoms with Gasteiger partial charge in [-0.25, -0.2) is 0 Å². The molecule has 0 spiro atoms. The van der Waals surface area contributed by atoms with Crippen molar-refractivity contribution in [2.24, 2.45) is 0 Å². The van der Waals surface area contributed by atoms with Crippen LogP contribution < -0.4 is 5.32 Å². The molecule has 1 aliphatic rings. The predicted molar refractivity (Wildman–Crippen MR) is 109 cm³/mol. The molecule has 2 aromatic heterocycles. The molecule has 28 heavy (non-hydrogen) atoms. The second-order valence-electron chi connectivity index (χ2n) is 7.05. The van der Waals surface area contributed by atoms with Crippen LogP contribution in [0.25, 0.3) is 11.4 Å². The van der Waals surface area contributed by atoms with Crippen molar-refractivity contribution in [2.75, 3.05) is 13.1 Å². The molecule has 0 unspecified atom stereocenters. The number of nitrogens with one attached hydrogen (secondary N) is 1. The van der Waals surface area contributed by atoms with E-state index in [-0.39, 0.29) is 5.91 Å². The minimum Gasteiger partial charge on any atom is -0.352 e. The number of nitrogens with zero attached hydrogens (tertiary/aromatic N) is 3. The Morgan fingerprint density at radius 3 is 2.79 bits per heavy atom. The van der Waals surface area contributed by atoms with Gasteiger partial charge in [-0.2, -0.15) is 16.3 Å². The first-order valence-electron chi connectivity index (χ1n) is 9.69. The normalized spacial score (nSPS) is 14.4. The Bertz CT molecular complexity index is 901. The van der Waals surface area contributed by atoms with Gasteiger partial charge in [0, 0.05) is 36.9 Å². The fourth-order valence-corrected chi connectivity index (χ4v) is 4.07.